The lowest BCUT2D eigenvalue weighted by molar-refractivity contribution is -0.145. The maximum Gasteiger partial charge on any atom is 0.407 e. The zero-order chi connectivity index (χ0) is 17.3. The highest BCUT2D eigenvalue weighted by atomic mass is 16.6. The fourth-order valence-electron chi connectivity index (χ4n) is 1.87. The van der Waals surface area contributed by atoms with Crippen LogP contribution < -0.4 is 5.32 Å². The first-order valence-corrected chi connectivity index (χ1v) is 7.60. The summed E-state index contributed by atoms with van der Waals surface area (Å²) in [7, 11) is 0. The van der Waals surface area contributed by atoms with Gasteiger partial charge in [-0.3, -0.25) is 4.79 Å². The minimum absolute atomic E-state index is 0.0676. The van der Waals surface area contributed by atoms with Gasteiger partial charge in [-0.2, -0.15) is 0 Å². The Hall–Kier alpha value is -2.30. The van der Waals surface area contributed by atoms with Crippen molar-refractivity contribution in [2.45, 2.75) is 51.9 Å². The van der Waals surface area contributed by atoms with E-state index < -0.39 is 17.7 Å². The van der Waals surface area contributed by atoms with Crippen LogP contribution in [0.5, 0.6) is 0 Å². The van der Waals surface area contributed by atoms with Gasteiger partial charge in [-0.05, 0) is 32.8 Å². The van der Waals surface area contributed by atoms with Crippen LogP contribution in [0.2, 0.25) is 0 Å². The quantitative estimate of drug-likeness (QED) is 0.616. The Balaban J connectivity index is 2.46. The monoisotopic (exact) mass is 319 g/mol. The predicted molar refractivity (Wildman–Crippen MR) is 88.8 cm³/mol. The molecule has 5 nitrogen and oxygen atoms in total. The molecule has 0 saturated heterocycles. The van der Waals surface area contributed by atoms with E-state index in [2.05, 4.69) is 11.9 Å². The molecule has 0 bridgehead atoms. The minimum Gasteiger partial charge on any atom is -0.461 e. The third-order valence-corrected chi connectivity index (χ3v) is 2.83. The summed E-state index contributed by atoms with van der Waals surface area (Å²) in [5.41, 5.74) is 0.331. The van der Waals surface area contributed by atoms with E-state index >= 15 is 0 Å². The fraction of sp³-hybridized carbons (Fsp3) is 0.444. The van der Waals surface area contributed by atoms with E-state index in [1.54, 1.807) is 26.8 Å². The van der Waals surface area contributed by atoms with Crippen LogP contribution in [0.3, 0.4) is 0 Å². The van der Waals surface area contributed by atoms with Crippen LogP contribution in [0.4, 0.5) is 4.79 Å². The zero-order valence-electron chi connectivity index (χ0n) is 14.0. The second kappa shape index (κ2) is 8.98. The fourth-order valence-corrected chi connectivity index (χ4v) is 1.87. The van der Waals surface area contributed by atoms with Crippen molar-refractivity contribution < 1.29 is 19.1 Å². The first-order valence-electron chi connectivity index (χ1n) is 7.60. The maximum atomic E-state index is 11.9. The SMILES string of the molecule is C=CC[C@H](CC(=O)OCc1ccccc1)NC(=O)OC(C)(C)C. The largest absolute Gasteiger partial charge is 0.461 e. The molecule has 126 valence electrons. The van der Waals surface area contributed by atoms with Gasteiger partial charge < -0.3 is 14.8 Å². The van der Waals surface area contributed by atoms with Gasteiger partial charge in [0.15, 0.2) is 0 Å². The molecule has 0 radical (unpaired) electrons. The summed E-state index contributed by atoms with van der Waals surface area (Å²) in [6, 6.07) is 9.03. The van der Waals surface area contributed by atoms with Gasteiger partial charge in [0.05, 0.1) is 6.42 Å². The van der Waals surface area contributed by atoms with Crippen molar-refractivity contribution >= 4 is 12.1 Å². The Morgan fingerprint density at radius 2 is 1.91 bits per heavy atom. The molecule has 0 unspecified atom stereocenters. The molecule has 1 rings (SSSR count). The molecule has 1 N–H and O–H groups in total. The van der Waals surface area contributed by atoms with Crippen LogP contribution in [0.1, 0.15) is 39.2 Å². The van der Waals surface area contributed by atoms with Crippen molar-refractivity contribution in [2.75, 3.05) is 0 Å². The van der Waals surface area contributed by atoms with Crippen molar-refractivity contribution in [2.24, 2.45) is 0 Å². The molecule has 1 amide bonds. The Morgan fingerprint density at radius 3 is 2.48 bits per heavy atom. The van der Waals surface area contributed by atoms with Crippen molar-refractivity contribution in [3.63, 3.8) is 0 Å². The number of amides is 1. The molecule has 1 aromatic carbocycles. The van der Waals surface area contributed by atoms with Crippen molar-refractivity contribution in [1.29, 1.82) is 0 Å². The van der Waals surface area contributed by atoms with Crippen LogP contribution in [-0.4, -0.2) is 23.7 Å². The molecule has 23 heavy (non-hydrogen) atoms. The molecule has 0 aliphatic heterocycles. The van der Waals surface area contributed by atoms with Crippen LogP contribution >= 0.6 is 0 Å². The van der Waals surface area contributed by atoms with E-state index in [0.29, 0.717) is 6.42 Å². The smallest absolute Gasteiger partial charge is 0.407 e. The summed E-state index contributed by atoms with van der Waals surface area (Å²) in [4.78, 5) is 23.7. The van der Waals surface area contributed by atoms with Gasteiger partial charge in [-0.25, -0.2) is 4.79 Å². The number of esters is 1. The zero-order valence-corrected chi connectivity index (χ0v) is 14.0. The first kappa shape index (κ1) is 18.7. The molecule has 0 fully saturated rings. The standard InChI is InChI=1S/C18H25NO4/c1-5-9-15(19-17(21)23-18(2,3)4)12-16(20)22-13-14-10-7-6-8-11-14/h5-8,10-11,15H,1,9,12-13H2,2-4H3,(H,19,21)/t15-/m1/s1. The Morgan fingerprint density at radius 1 is 1.26 bits per heavy atom. The lowest BCUT2D eigenvalue weighted by Crippen LogP contribution is -2.40. The Kier molecular flexibility index (Phi) is 7.32. The van der Waals surface area contributed by atoms with Gasteiger partial charge in [0.1, 0.15) is 12.2 Å². The molecule has 0 heterocycles. The van der Waals surface area contributed by atoms with Crippen molar-refractivity contribution in [3.05, 3.63) is 48.6 Å². The van der Waals surface area contributed by atoms with Gasteiger partial charge in [-0.15, -0.1) is 6.58 Å². The number of benzene rings is 1. The first-order chi connectivity index (χ1) is 10.8. The molecule has 5 heteroatoms. The van der Waals surface area contributed by atoms with Crippen molar-refractivity contribution in [3.8, 4) is 0 Å². The molecule has 0 aliphatic rings. The Bertz CT molecular complexity index is 520. The van der Waals surface area contributed by atoms with Gasteiger partial charge >= 0.3 is 12.1 Å². The summed E-state index contributed by atoms with van der Waals surface area (Å²) in [6.45, 7) is 9.20. The molecule has 1 aromatic rings. The second-order valence-electron chi connectivity index (χ2n) is 6.22. The average Bonchev–Trinajstić information content (AvgIpc) is 2.44. The molecule has 0 aromatic heterocycles. The summed E-state index contributed by atoms with van der Waals surface area (Å²) in [5.74, 6) is -0.378. The van der Waals surface area contributed by atoms with Crippen LogP contribution in [0.15, 0.2) is 43.0 Å². The summed E-state index contributed by atoms with van der Waals surface area (Å²) in [5, 5.41) is 2.67. The summed E-state index contributed by atoms with van der Waals surface area (Å²) < 4.78 is 10.4. The van der Waals surface area contributed by atoms with Crippen LogP contribution in [-0.2, 0) is 20.9 Å². The van der Waals surface area contributed by atoms with Gasteiger partial charge in [0.25, 0.3) is 0 Å². The number of hydrogen-bond acceptors (Lipinski definition) is 4. The predicted octanol–water partition coefficient (Wildman–Crippen LogP) is 3.59. The van der Waals surface area contributed by atoms with E-state index in [0.717, 1.165) is 5.56 Å². The summed E-state index contributed by atoms with van der Waals surface area (Å²) in [6.07, 6.45) is 1.62. The van der Waals surface area contributed by atoms with Crippen molar-refractivity contribution in [1.82, 2.24) is 5.32 Å². The van der Waals surface area contributed by atoms with E-state index in [1.165, 1.54) is 0 Å². The van der Waals surface area contributed by atoms with Crippen LogP contribution in [0.25, 0.3) is 0 Å². The normalized spacial score (nSPS) is 12.1. The third kappa shape index (κ3) is 8.66. The van der Waals surface area contributed by atoms with E-state index in [1.807, 2.05) is 30.3 Å². The molecule has 0 aliphatic carbocycles. The number of hydrogen-bond donors (Lipinski definition) is 1. The highest BCUT2D eigenvalue weighted by Crippen LogP contribution is 2.09. The highest BCUT2D eigenvalue weighted by molar-refractivity contribution is 5.73. The third-order valence-electron chi connectivity index (χ3n) is 2.83. The average molecular weight is 319 g/mol. The van der Waals surface area contributed by atoms with Gasteiger partial charge in [-0.1, -0.05) is 36.4 Å². The topological polar surface area (TPSA) is 64.6 Å². The molecular weight excluding hydrogens is 294 g/mol. The lowest BCUT2D eigenvalue weighted by Gasteiger charge is -2.22. The van der Waals surface area contributed by atoms with E-state index in [4.69, 9.17) is 9.47 Å². The molecule has 0 spiro atoms. The molecule has 1 atom stereocenters. The number of alkyl carbamates (subject to hydrolysis) is 1. The van der Waals surface area contributed by atoms with Crippen LogP contribution in [0, 0.1) is 0 Å². The maximum absolute atomic E-state index is 11.9. The summed E-state index contributed by atoms with van der Waals surface area (Å²) >= 11 is 0. The number of ether oxygens (including phenoxy) is 2. The molecule has 0 saturated carbocycles. The second-order valence-corrected chi connectivity index (χ2v) is 6.22. The number of carbonyl (C=O) groups is 2. The number of rotatable bonds is 7. The Labute approximate surface area is 137 Å². The van der Waals surface area contributed by atoms with E-state index in [9.17, 15) is 9.59 Å². The minimum atomic E-state index is -0.587. The lowest BCUT2D eigenvalue weighted by atomic mass is 10.1. The molecular formula is C18H25NO4. The highest BCUT2D eigenvalue weighted by Gasteiger charge is 2.21. The number of carbonyl (C=O) groups excluding carboxylic acids is 2. The van der Waals surface area contributed by atoms with Gasteiger partial charge in [0, 0.05) is 6.04 Å². The number of nitrogens with one attached hydrogen (secondary N) is 1. The van der Waals surface area contributed by atoms with E-state index in [-0.39, 0.29) is 19.0 Å². The van der Waals surface area contributed by atoms with Gasteiger partial charge in [0.2, 0.25) is 0 Å².